The lowest BCUT2D eigenvalue weighted by molar-refractivity contribution is -0.263. The van der Waals surface area contributed by atoms with Gasteiger partial charge >= 0.3 is 23.5 Å². The van der Waals surface area contributed by atoms with Crippen LogP contribution in [-0.2, 0) is 14.2 Å². The number of carbonyl (C=O) groups excluding carboxylic acids is 3. The average molecular weight is 1010 g/mol. The van der Waals surface area contributed by atoms with Crippen molar-refractivity contribution in [3.8, 4) is 17.1 Å². The van der Waals surface area contributed by atoms with Crippen LogP contribution in [-0.4, -0.2) is 52.4 Å². The normalized spacial score (nSPS) is 27.9. The fourth-order valence-corrected chi connectivity index (χ4v) is 10.6. The van der Waals surface area contributed by atoms with Gasteiger partial charge < -0.3 is 28.5 Å². The maximum atomic E-state index is 14.1. The Hall–Kier alpha value is -4.63. The van der Waals surface area contributed by atoms with Crippen molar-refractivity contribution in [1.29, 1.82) is 0 Å². The third kappa shape index (κ3) is 7.65. The van der Waals surface area contributed by atoms with E-state index < -0.39 is 70.1 Å². The molecule has 0 amide bonds. The van der Waals surface area contributed by atoms with Gasteiger partial charge in [0.15, 0.2) is 0 Å². The number of hydrogen-bond acceptors (Lipinski definition) is 11. The lowest BCUT2D eigenvalue weighted by atomic mass is 9.42. The third-order valence-electron chi connectivity index (χ3n) is 12.8. The fourth-order valence-electron chi connectivity index (χ4n) is 9.84. The van der Waals surface area contributed by atoms with E-state index in [0.717, 1.165) is 13.4 Å². The van der Waals surface area contributed by atoms with Crippen molar-refractivity contribution in [2.24, 2.45) is 22.7 Å². The van der Waals surface area contributed by atoms with Gasteiger partial charge in [-0.1, -0.05) is 61.6 Å². The number of benzene rings is 3. The monoisotopic (exact) mass is 1000 g/mol. The maximum Gasteiger partial charge on any atom is 0.345 e. The zero-order valence-electron chi connectivity index (χ0n) is 32.7. The van der Waals surface area contributed by atoms with Crippen LogP contribution in [0.5, 0.6) is 5.75 Å². The van der Waals surface area contributed by atoms with E-state index in [-0.39, 0.29) is 30.1 Å². The molecule has 310 valence electrons. The van der Waals surface area contributed by atoms with Gasteiger partial charge in [-0.25, -0.2) is 19.2 Å². The Morgan fingerprint density at radius 1 is 0.800 bits per heavy atom. The summed E-state index contributed by atoms with van der Waals surface area (Å²) >= 11 is 10.3. The summed E-state index contributed by atoms with van der Waals surface area (Å²) in [5.41, 5.74) is -2.77. The minimum atomic E-state index is -1.45. The molecule has 5 aromatic rings. The van der Waals surface area contributed by atoms with Crippen molar-refractivity contribution in [1.82, 2.24) is 4.98 Å². The molecule has 2 saturated carbocycles. The van der Waals surface area contributed by atoms with Crippen LogP contribution in [0.1, 0.15) is 82.8 Å². The van der Waals surface area contributed by atoms with Crippen molar-refractivity contribution in [3.63, 3.8) is 0 Å². The second-order valence-electron chi connectivity index (χ2n) is 16.3. The highest BCUT2D eigenvalue weighted by Gasteiger charge is 2.71. The zero-order chi connectivity index (χ0) is 42.6. The number of nitrogens with zero attached hydrogens (tertiary/aromatic N) is 1. The fraction of sp³-hybridized carbons (Fsp3) is 0.326. The molecule has 1 aliphatic heterocycles. The number of pyridine rings is 1. The van der Waals surface area contributed by atoms with E-state index in [1.807, 2.05) is 13.8 Å². The van der Waals surface area contributed by atoms with E-state index in [2.05, 4.69) is 52.8 Å². The number of halogens is 3. The van der Waals surface area contributed by atoms with Crippen LogP contribution < -0.4 is 10.4 Å². The summed E-state index contributed by atoms with van der Waals surface area (Å²) in [6.45, 7) is 5.52. The zero-order valence-corrected chi connectivity index (χ0v) is 37.5. The summed E-state index contributed by atoms with van der Waals surface area (Å²) in [6.07, 6.45) is 0.742. The number of hydrogen-bond donors (Lipinski definition) is 1. The molecule has 3 aromatic carbocycles. The molecule has 3 heterocycles. The molecule has 0 radical (unpaired) electrons. The number of rotatable bonds is 8. The van der Waals surface area contributed by atoms with E-state index in [1.165, 1.54) is 0 Å². The topological polar surface area (TPSA) is 151 Å². The van der Waals surface area contributed by atoms with Gasteiger partial charge in [-0.3, -0.25) is 4.98 Å². The molecule has 3 aliphatic rings. The molecule has 2 aromatic heterocycles. The second-order valence-corrected chi connectivity index (χ2v) is 19.1. The van der Waals surface area contributed by atoms with Gasteiger partial charge in [0.2, 0.25) is 0 Å². The Morgan fingerprint density at radius 2 is 1.35 bits per heavy atom. The van der Waals surface area contributed by atoms with Gasteiger partial charge in [0.1, 0.15) is 41.5 Å². The van der Waals surface area contributed by atoms with Gasteiger partial charge in [0.05, 0.1) is 22.8 Å². The average Bonchev–Trinajstić information content (AvgIpc) is 3.22. The number of ether oxygens (including phenoxy) is 4. The first-order chi connectivity index (χ1) is 28.6. The predicted molar refractivity (Wildman–Crippen MR) is 230 cm³/mol. The molecule has 2 aliphatic carbocycles. The van der Waals surface area contributed by atoms with E-state index in [1.54, 1.807) is 110 Å². The minimum absolute atomic E-state index is 0.0582. The molecule has 2 fully saturated rings. The Balaban J connectivity index is 1.24. The smallest absolute Gasteiger partial charge is 0.345 e. The summed E-state index contributed by atoms with van der Waals surface area (Å²) < 4.78 is 34.0. The molecule has 14 heteroatoms. The Kier molecular flexibility index (Phi) is 11.5. The SMILES string of the molecule is C[C@]12CC[C@H](OC(=O)c3ccc(Br)cc3)[C@@](C)(COC(=O)c3ccc(Br)cc3)C1C[C@H](OC(=O)c1ccc(Br)cc1)[C@@]1(C)Oc3cc(-c4cccnc4)oc(=O)c3C(O)C21. The molecule has 11 nitrogen and oxygen atoms in total. The summed E-state index contributed by atoms with van der Waals surface area (Å²) in [7, 11) is 0. The van der Waals surface area contributed by atoms with Crippen LogP contribution in [0.15, 0.2) is 126 Å². The standard InChI is InChI=1S/C46H40Br3NO10/c1-44-19-18-35(58-41(53)26-8-14-30(48)15-9-26)45(2,24-56-40(52)25-6-12-29(47)13-7-25)34(44)22-36(59-42(54)27-10-16-31(49)17-11-27)46(3)39(44)38(51)37-33(60-46)21-32(57-43(37)55)28-5-4-20-50-23-28/h4-17,20-21,23,34-36,38-39,51H,18-19,22,24H2,1-3H3/t34?,35-,36-,38?,39?,44-,45-,46+/m0/s1. The molecule has 8 atom stereocenters. The molecule has 0 bridgehead atoms. The Bertz CT molecular complexity index is 2500. The molecule has 1 N–H and O–H groups in total. The van der Waals surface area contributed by atoms with Crippen molar-refractivity contribution in [2.45, 2.75) is 63.9 Å². The van der Waals surface area contributed by atoms with Crippen LogP contribution >= 0.6 is 47.8 Å². The van der Waals surface area contributed by atoms with E-state index in [9.17, 15) is 24.3 Å². The molecular weight excluding hydrogens is 966 g/mol. The van der Waals surface area contributed by atoms with Gasteiger partial charge in [-0.05, 0) is 122 Å². The lowest BCUT2D eigenvalue weighted by Gasteiger charge is -2.66. The Morgan fingerprint density at radius 3 is 1.90 bits per heavy atom. The first kappa shape index (κ1) is 42.1. The van der Waals surface area contributed by atoms with Gasteiger partial charge in [0.25, 0.3) is 0 Å². The number of fused-ring (bicyclic) bond motifs is 4. The predicted octanol–water partition coefficient (Wildman–Crippen LogP) is 9.92. The summed E-state index contributed by atoms with van der Waals surface area (Å²) in [6, 6.07) is 25.3. The van der Waals surface area contributed by atoms with Crippen molar-refractivity contribution < 1.29 is 42.9 Å². The third-order valence-corrected chi connectivity index (χ3v) is 14.4. The van der Waals surface area contributed by atoms with Crippen LogP contribution in [0.2, 0.25) is 0 Å². The molecular formula is C46H40Br3NO10. The highest BCUT2D eigenvalue weighted by atomic mass is 79.9. The minimum Gasteiger partial charge on any atom is -0.482 e. The first-order valence-corrected chi connectivity index (χ1v) is 21.8. The first-order valence-electron chi connectivity index (χ1n) is 19.4. The Labute approximate surface area is 371 Å². The van der Waals surface area contributed by atoms with E-state index >= 15 is 0 Å². The number of carbonyl (C=O) groups is 3. The molecule has 8 rings (SSSR count). The second kappa shape index (κ2) is 16.3. The summed E-state index contributed by atoms with van der Waals surface area (Å²) in [5, 5.41) is 12.6. The molecule has 0 saturated heterocycles. The number of aromatic nitrogens is 1. The van der Waals surface area contributed by atoms with Gasteiger partial charge in [-0.15, -0.1) is 0 Å². The van der Waals surface area contributed by atoms with Crippen molar-refractivity contribution >= 4 is 65.7 Å². The van der Waals surface area contributed by atoms with Crippen molar-refractivity contribution in [3.05, 3.63) is 149 Å². The van der Waals surface area contributed by atoms with E-state index in [0.29, 0.717) is 35.1 Å². The van der Waals surface area contributed by atoms with Gasteiger partial charge in [-0.2, -0.15) is 0 Å². The summed E-state index contributed by atoms with van der Waals surface area (Å²) in [4.78, 5) is 59.7. The van der Waals surface area contributed by atoms with Gasteiger partial charge in [0, 0.05) is 48.8 Å². The number of aliphatic hydroxyl groups is 1. The van der Waals surface area contributed by atoms with Crippen LogP contribution in [0, 0.1) is 22.7 Å². The number of aliphatic hydroxyl groups excluding tert-OH is 1. The van der Waals surface area contributed by atoms with Crippen molar-refractivity contribution in [2.75, 3.05) is 6.61 Å². The van der Waals surface area contributed by atoms with E-state index in [4.69, 9.17) is 23.4 Å². The molecule has 60 heavy (non-hydrogen) atoms. The summed E-state index contributed by atoms with van der Waals surface area (Å²) in [5.74, 6) is -2.90. The molecule has 3 unspecified atom stereocenters. The van der Waals surface area contributed by atoms with Crippen LogP contribution in [0.3, 0.4) is 0 Å². The number of esters is 3. The lowest BCUT2D eigenvalue weighted by Crippen LogP contribution is -2.71. The molecule has 0 spiro atoms. The largest absolute Gasteiger partial charge is 0.482 e. The highest BCUT2D eigenvalue weighted by Crippen LogP contribution is 2.67. The van der Waals surface area contributed by atoms with Crippen LogP contribution in [0.25, 0.3) is 11.3 Å². The highest BCUT2D eigenvalue weighted by molar-refractivity contribution is 9.11. The quantitative estimate of drug-likeness (QED) is 0.117. The van der Waals surface area contributed by atoms with Crippen LogP contribution in [0.4, 0.5) is 0 Å². The maximum absolute atomic E-state index is 14.1.